The van der Waals surface area contributed by atoms with E-state index in [1.54, 1.807) is 31.4 Å². The van der Waals surface area contributed by atoms with E-state index in [1.807, 2.05) is 0 Å². The molecular formula is C9H12O5. The Morgan fingerprint density at radius 2 is 1.57 bits per heavy atom. The van der Waals surface area contributed by atoms with Crippen LogP contribution in [0.2, 0.25) is 0 Å². The summed E-state index contributed by atoms with van der Waals surface area (Å²) in [6.45, 7) is 1.37. The molecule has 5 heteroatoms. The van der Waals surface area contributed by atoms with Crippen molar-refractivity contribution < 1.29 is 25.0 Å². The Balaban J connectivity index is 2.95. The fourth-order valence-electron chi connectivity index (χ4n) is 1.02. The first-order chi connectivity index (χ1) is 6.66. The molecule has 0 saturated carbocycles. The zero-order valence-corrected chi connectivity index (χ0v) is 7.93. The van der Waals surface area contributed by atoms with E-state index < -0.39 is 5.79 Å². The third-order valence-corrected chi connectivity index (χ3v) is 1.96. The first kappa shape index (κ1) is 10.9. The molecule has 1 rings (SSSR count). The largest absolute Gasteiger partial charge is 0.497 e. The van der Waals surface area contributed by atoms with Crippen molar-refractivity contribution in [1.82, 2.24) is 0 Å². The molecule has 14 heavy (non-hydrogen) atoms. The summed E-state index contributed by atoms with van der Waals surface area (Å²) >= 11 is 0. The lowest BCUT2D eigenvalue weighted by Gasteiger charge is -2.21. The molecule has 0 unspecified atom stereocenters. The minimum atomic E-state index is -1.58. The van der Waals surface area contributed by atoms with Gasteiger partial charge in [0, 0.05) is 5.56 Å². The van der Waals surface area contributed by atoms with E-state index in [-0.39, 0.29) is 0 Å². The molecule has 2 N–H and O–H groups in total. The summed E-state index contributed by atoms with van der Waals surface area (Å²) in [7, 11) is 1.54. The van der Waals surface area contributed by atoms with E-state index in [9.17, 15) is 0 Å². The van der Waals surface area contributed by atoms with Crippen molar-refractivity contribution in [1.29, 1.82) is 0 Å². The lowest BCUT2D eigenvalue weighted by Crippen LogP contribution is -2.26. The SMILES string of the molecule is COc1ccc(C(C)(OO)OO)cc1. The van der Waals surface area contributed by atoms with Gasteiger partial charge in [-0.15, -0.1) is 0 Å². The fraction of sp³-hybridized carbons (Fsp3) is 0.333. The molecule has 1 aromatic carbocycles. The maximum atomic E-state index is 8.55. The van der Waals surface area contributed by atoms with Gasteiger partial charge in [0.25, 0.3) is 5.79 Å². The molecule has 0 radical (unpaired) electrons. The van der Waals surface area contributed by atoms with Crippen LogP contribution in [0.1, 0.15) is 12.5 Å². The van der Waals surface area contributed by atoms with Crippen molar-refractivity contribution in [3.8, 4) is 5.75 Å². The predicted molar refractivity (Wildman–Crippen MR) is 47.8 cm³/mol. The topological polar surface area (TPSA) is 68.2 Å². The van der Waals surface area contributed by atoms with E-state index >= 15 is 0 Å². The summed E-state index contributed by atoms with van der Waals surface area (Å²) in [5, 5.41) is 17.1. The fourth-order valence-corrected chi connectivity index (χ4v) is 1.02. The van der Waals surface area contributed by atoms with Crippen LogP contribution < -0.4 is 4.74 Å². The second kappa shape index (κ2) is 4.39. The standard InChI is InChI=1S/C9H12O5/c1-9(13-10,14-11)7-3-5-8(12-2)6-4-7/h3-6,10-11H,1-2H3. The Morgan fingerprint density at radius 1 is 1.07 bits per heavy atom. The molecule has 0 aromatic heterocycles. The van der Waals surface area contributed by atoms with Crippen LogP contribution >= 0.6 is 0 Å². The number of ether oxygens (including phenoxy) is 1. The van der Waals surface area contributed by atoms with Gasteiger partial charge in [-0.05, 0) is 31.2 Å². The monoisotopic (exact) mass is 200 g/mol. The van der Waals surface area contributed by atoms with Gasteiger partial charge < -0.3 is 4.74 Å². The third-order valence-electron chi connectivity index (χ3n) is 1.96. The minimum Gasteiger partial charge on any atom is -0.497 e. The minimum absolute atomic E-state index is 0.461. The number of hydrogen-bond donors (Lipinski definition) is 2. The average molecular weight is 200 g/mol. The van der Waals surface area contributed by atoms with Gasteiger partial charge in [-0.3, -0.25) is 0 Å². The lowest BCUT2D eigenvalue weighted by molar-refractivity contribution is -0.489. The average Bonchev–Trinajstić information content (AvgIpc) is 2.28. The van der Waals surface area contributed by atoms with Gasteiger partial charge in [0.15, 0.2) is 0 Å². The summed E-state index contributed by atoms with van der Waals surface area (Å²) < 4.78 is 4.94. The quantitative estimate of drug-likeness (QED) is 0.441. The van der Waals surface area contributed by atoms with Crippen molar-refractivity contribution in [2.75, 3.05) is 7.11 Å². The number of rotatable bonds is 4. The van der Waals surface area contributed by atoms with E-state index in [4.69, 9.17) is 15.3 Å². The van der Waals surface area contributed by atoms with Gasteiger partial charge in [-0.2, -0.15) is 9.78 Å². The third kappa shape index (κ3) is 2.02. The normalized spacial score (nSPS) is 11.4. The molecule has 0 saturated heterocycles. The Bertz CT molecular complexity index is 278. The second-order valence-electron chi connectivity index (χ2n) is 2.86. The van der Waals surface area contributed by atoms with Crippen LogP contribution in [-0.2, 0) is 15.6 Å². The van der Waals surface area contributed by atoms with E-state index in [0.717, 1.165) is 0 Å². The van der Waals surface area contributed by atoms with Crippen molar-refractivity contribution >= 4 is 0 Å². The highest BCUT2D eigenvalue weighted by atomic mass is 17.2. The number of methoxy groups -OCH3 is 1. The molecule has 0 atom stereocenters. The van der Waals surface area contributed by atoms with Gasteiger partial charge >= 0.3 is 0 Å². The van der Waals surface area contributed by atoms with Gasteiger partial charge in [-0.25, -0.2) is 10.5 Å². The molecule has 0 fully saturated rings. The van der Waals surface area contributed by atoms with Crippen molar-refractivity contribution in [2.24, 2.45) is 0 Å². The molecule has 5 nitrogen and oxygen atoms in total. The Morgan fingerprint density at radius 3 is 1.93 bits per heavy atom. The van der Waals surface area contributed by atoms with Gasteiger partial charge in [-0.1, -0.05) is 0 Å². The van der Waals surface area contributed by atoms with Crippen molar-refractivity contribution in [3.05, 3.63) is 29.8 Å². The summed E-state index contributed by atoms with van der Waals surface area (Å²) in [5.74, 6) is -0.918. The zero-order valence-electron chi connectivity index (χ0n) is 7.93. The molecule has 78 valence electrons. The molecule has 0 aliphatic carbocycles. The Hall–Kier alpha value is -1.14. The number of hydrogen-bond acceptors (Lipinski definition) is 5. The van der Waals surface area contributed by atoms with Crippen LogP contribution in [0, 0.1) is 0 Å². The highest BCUT2D eigenvalue weighted by molar-refractivity contribution is 5.29. The second-order valence-corrected chi connectivity index (χ2v) is 2.86. The van der Waals surface area contributed by atoms with Gasteiger partial charge in [0.05, 0.1) is 7.11 Å². The molecule has 1 aromatic rings. The summed E-state index contributed by atoms with van der Waals surface area (Å²) in [6.07, 6.45) is 0. The first-order valence-corrected chi connectivity index (χ1v) is 3.96. The van der Waals surface area contributed by atoms with Gasteiger partial charge in [0.1, 0.15) is 5.75 Å². The molecular weight excluding hydrogens is 188 g/mol. The van der Waals surface area contributed by atoms with E-state index in [2.05, 4.69) is 9.78 Å². The van der Waals surface area contributed by atoms with Crippen LogP contribution in [0.25, 0.3) is 0 Å². The Labute approximate surface area is 81.3 Å². The smallest absolute Gasteiger partial charge is 0.255 e. The molecule has 0 aliphatic rings. The van der Waals surface area contributed by atoms with E-state index in [1.165, 1.54) is 6.92 Å². The van der Waals surface area contributed by atoms with Crippen LogP contribution in [0.15, 0.2) is 24.3 Å². The molecule has 0 amide bonds. The first-order valence-electron chi connectivity index (χ1n) is 3.96. The predicted octanol–water partition coefficient (Wildman–Crippen LogP) is 1.85. The maximum absolute atomic E-state index is 8.55. The lowest BCUT2D eigenvalue weighted by atomic mass is 10.1. The molecule has 0 bridgehead atoms. The van der Waals surface area contributed by atoms with Crippen molar-refractivity contribution in [2.45, 2.75) is 12.7 Å². The summed E-state index contributed by atoms with van der Waals surface area (Å²) in [4.78, 5) is 8.07. The maximum Gasteiger partial charge on any atom is 0.255 e. The summed E-state index contributed by atoms with van der Waals surface area (Å²) in [6, 6.07) is 6.52. The summed E-state index contributed by atoms with van der Waals surface area (Å²) in [5.41, 5.74) is 0.461. The van der Waals surface area contributed by atoms with Crippen LogP contribution in [0.5, 0.6) is 5.75 Å². The van der Waals surface area contributed by atoms with Crippen molar-refractivity contribution in [3.63, 3.8) is 0 Å². The zero-order chi connectivity index (χ0) is 10.6. The highest BCUT2D eigenvalue weighted by Crippen LogP contribution is 2.26. The van der Waals surface area contributed by atoms with Crippen LogP contribution in [0.3, 0.4) is 0 Å². The number of benzene rings is 1. The molecule has 0 aliphatic heterocycles. The molecule has 0 heterocycles. The van der Waals surface area contributed by atoms with Crippen LogP contribution in [0.4, 0.5) is 0 Å². The van der Waals surface area contributed by atoms with Crippen LogP contribution in [-0.4, -0.2) is 17.6 Å². The van der Waals surface area contributed by atoms with E-state index in [0.29, 0.717) is 11.3 Å². The Kier molecular flexibility index (Phi) is 3.43. The molecule has 0 spiro atoms. The highest BCUT2D eigenvalue weighted by Gasteiger charge is 2.29. The van der Waals surface area contributed by atoms with Gasteiger partial charge in [0.2, 0.25) is 0 Å².